The molecule has 0 aliphatic carbocycles. The highest BCUT2D eigenvalue weighted by atomic mass is 16.5. The van der Waals surface area contributed by atoms with Gasteiger partial charge in [-0.1, -0.05) is 6.08 Å². The van der Waals surface area contributed by atoms with Crippen LogP contribution in [-0.2, 0) is 4.74 Å². The summed E-state index contributed by atoms with van der Waals surface area (Å²) in [4.78, 5) is 0. The van der Waals surface area contributed by atoms with Crippen molar-refractivity contribution < 1.29 is 9.84 Å². The van der Waals surface area contributed by atoms with E-state index >= 15 is 0 Å². The lowest BCUT2D eigenvalue weighted by Gasteiger charge is -2.32. The number of hydrogen-bond donors (Lipinski definition) is 1. The van der Waals surface area contributed by atoms with Gasteiger partial charge in [0.15, 0.2) is 0 Å². The molecule has 0 fully saturated rings. The predicted octanol–water partition coefficient (Wildman–Crippen LogP) is 3.03. The van der Waals surface area contributed by atoms with Crippen molar-refractivity contribution in [2.45, 2.75) is 52.2 Å². The van der Waals surface area contributed by atoms with Gasteiger partial charge in [-0.3, -0.25) is 0 Å². The molecular formula is C12H22O2. The normalized spacial score (nSPS) is 14.0. The van der Waals surface area contributed by atoms with Crippen molar-refractivity contribution >= 4 is 0 Å². The lowest BCUT2D eigenvalue weighted by molar-refractivity contribution is -0.0324. The predicted molar refractivity (Wildman–Crippen MR) is 60.0 cm³/mol. The van der Waals surface area contributed by atoms with E-state index in [1.807, 2.05) is 26.8 Å². The molecule has 0 amide bonds. The maximum atomic E-state index is 9.79. The number of allylic oxidation sites excluding steroid dienone is 1. The minimum Gasteiger partial charge on any atom is -0.489 e. The number of rotatable bonds is 5. The van der Waals surface area contributed by atoms with Crippen LogP contribution < -0.4 is 0 Å². The fraction of sp³-hybridized carbons (Fsp3) is 0.667. The Morgan fingerprint density at radius 2 is 1.86 bits per heavy atom. The van der Waals surface area contributed by atoms with E-state index < -0.39 is 5.60 Å². The summed E-state index contributed by atoms with van der Waals surface area (Å²) in [5.74, 6) is 0.601. The zero-order valence-corrected chi connectivity index (χ0v) is 9.92. The average Bonchev–Trinajstić information content (AvgIpc) is 1.98. The molecular weight excluding hydrogens is 176 g/mol. The minimum atomic E-state index is -0.923. The topological polar surface area (TPSA) is 29.5 Å². The van der Waals surface area contributed by atoms with Crippen molar-refractivity contribution in [3.8, 4) is 0 Å². The van der Waals surface area contributed by atoms with E-state index in [2.05, 4.69) is 6.58 Å². The second kappa shape index (κ2) is 4.65. The molecule has 0 aliphatic heterocycles. The summed E-state index contributed by atoms with van der Waals surface area (Å²) in [5.41, 5.74) is -1.24. The van der Waals surface area contributed by atoms with Crippen molar-refractivity contribution in [2.75, 3.05) is 0 Å². The second-order valence-corrected chi connectivity index (χ2v) is 4.57. The van der Waals surface area contributed by atoms with Gasteiger partial charge in [0.1, 0.15) is 17.0 Å². The van der Waals surface area contributed by atoms with Crippen LogP contribution in [0.2, 0.25) is 0 Å². The third-order valence-electron chi connectivity index (χ3n) is 1.89. The average molecular weight is 198 g/mol. The van der Waals surface area contributed by atoms with Gasteiger partial charge in [0, 0.05) is 6.42 Å². The van der Waals surface area contributed by atoms with Crippen molar-refractivity contribution in [3.05, 3.63) is 24.5 Å². The highest BCUT2D eigenvalue weighted by molar-refractivity contribution is 5.06. The minimum absolute atomic E-state index is 0.316. The first-order chi connectivity index (χ1) is 6.23. The number of hydrogen-bond acceptors (Lipinski definition) is 2. The Hall–Kier alpha value is -0.760. The molecule has 14 heavy (non-hydrogen) atoms. The summed E-state index contributed by atoms with van der Waals surface area (Å²) in [7, 11) is 0. The van der Waals surface area contributed by atoms with E-state index in [0.29, 0.717) is 5.76 Å². The van der Waals surface area contributed by atoms with Crippen molar-refractivity contribution in [1.29, 1.82) is 0 Å². The van der Waals surface area contributed by atoms with Crippen LogP contribution in [0.4, 0.5) is 0 Å². The second-order valence-electron chi connectivity index (χ2n) is 4.57. The van der Waals surface area contributed by atoms with Crippen molar-refractivity contribution in [1.82, 2.24) is 0 Å². The molecule has 0 aliphatic rings. The van der Waals surface area contributed by atoms with Crippen LogP contribution in [0.3, 0.4) is 0 Å². The van der Waals surface area contributed by atoms with Gasteiger partial charge >= 0.3 is 0 Å². The molecule has 2 nitrogen and oxygen atoms in total. The molecule has 0 heterocycles. The van der Waals surface area contributed by atoms with Gasteiger partial charge in [-0.15, -0.1) is 6.58 Å². The van der Waals surface area contributed by atoms with Gasteiger partial charge in [-0.2, -0.15) is 0 Å². The summed E-state index contributed by atoms with van der Waals surface area (Å²) in [6, 6.07) is 0. The quantitative estimate of drug-likeness (QED) is 0.543. The zero-order valence-electron chi connectivity index (χ0n) is 9.92. The van der Waals surface area contributed by atoms with Crippen LogP contribution in [-0.4, -0.2) is 16.3 Å². The molecule has 0 aromatic rings. The first-order valence-corrected chi connectivity index (χ1v) is 4.92. The summed E-state index contributed by atoms with van der Waals surface area (Å²) >= 11 is 0. The van der Waals surface area contributed by atoms with Crippen LogP contribution in [0.1, 0.15) is 41.0 Å². The lowest BCUT2D eigenvalue weighted by Crippen LogP contribution is -2.32. The van der Waals surface area contributed by atoms with E-state index in [1.54, 1.807) is 19.9 Å². The molecule has 0 saturated heterocycles. The van der Waals surface area contributed by atoms with Gasteiger partial charge < -0.3 is 9.84 Å². The van der Waals surface area contributed by atoms with Crippen LogP contribution in [0, 0.1) is 0 Å². The van der Waals surface area contributed by atoms with Gasteiger partial charge in [0.05, 0.1) is 0 Å². The van der Waals surface area contributed by atoms with Crippen molar-refractivity contribution in [3.63, 3.8) is 0 Å². The first-order valence-electron chi connectivity index (χ1n) is 4.92. The highest BCUT2D eigenvalue weighted by Crippen LogP contribution is 2.25. The van der Waals surface area contributed by atoms with Gasteiger partial charge in [-0.05, 0) is 40.7 Å². The Kier molecular flexibility index (Phi) is 4.40. The standard InChI is InChI=1S/C12H22O2/c1-7-9-11(3,4)14-10(8-2)12(5,6)13/h7-8,13H,1,9H2,2-6H3. The molecule has 0 aromatic heterocycles. The molecule has 0 radical (unpaired) electrons. The van der Waals surface area contributed by atoms with E-state index in [9.17, 15) is 5.11 Å². The van der Waals surface area contributed by atoms with E-state index in [1.165, 1.54) is 0 Å². The summed E-state index contributed by atoms with van der Waals surface area (Å²) in [6.07, 6.45) is 4.36. The van der Waals surface area contributed by atoms with Gasteiger partial charge in [-0.25, -0.2) is 0 Å². The summed E-state index contributed by atoms with van der Waals surface area (Å²) in [6.45, 7) is 12.9. The molecule has 0 bridgehead atoms. The molecule has 0 rings (SSSR count). The smallest absolute Gasteiger partial charge is 0.124 e. The molecule has 1 N–H and O–H groups in total. The molecule has 0 unspecified atom stereocenters. The highest BCUT2D eigenvalue weighted by Gasteiger charge is 2.27. The van der Waals surface area contributed by atoms with Crippen LogP contribution in [0.25, 0.3) is 0 Å². The maximum absolute atomic E-state index is 9.79. The Labute approximate surface area is 87.3 Å². The van der Waals surface area contributed by atoms with Gasteiger partial charge in [0.25, 0.3) is 0 Å². The van der Waals surface area contributed by atoms with E-state index in [4.69, 9.17) is 4.74 Å². The third kappa shape index (κ3) is 4.47. The fourth-order valence-corrected chi connectivity index (χ4v) is 1.22. The van der Waals surface area contributed by atoms with Crippen molar-refractivity contribution in [2.24, 2.45) is 0 Å². The molecule has 0 aromatic carbocycles. The van der Waals surface area contributed by atoms with Crippen LogP contribution in [0.5, 0.6) is 0 Å². The molecule has 0 atom stereocenters. The maximum Gasteiger partial charge on any atom is 0.124 e. The monoisotopic (exact) mass is 198 g/mol. The molecule has 0 spiro atoms. The van der Waals surface area contributed by atoms with Crippen LogP contribution >= 0.6 is 0 Å². The molecule has 82 valence electrons. The Bertz CT molecular complexity index is 219. The van der Waals surface area contributed by atoms with Crippen LogP contribution in [0.15, 0.2) is 24.5 Å². The Balaban J connectivity index is 4.56. The van der Waals surface area contributed by atoms with E-state index in [0.717, 1.165) is 6.42 Å². The van der Waals surface area contributed by atoms with Gasteiger partial charge in [0.2, 0.25) is 0 Å². The Morgan fingerprint density at radius 1 is 1.36 bits per heavy atom. The molecule has 0 saturated carbocycles. The molecule has 2 heteroatoms. The zero-order chi connectivity index (χ0) is 11.4. The SMILES string of the molecule is C=CCC(C)(C)OC(=CC)C(C)(C)O. The largest absolute Gasteiger partial charge is 0.489 e. The summed E-state index contributed by atoms with van der Waals surface area (Å²) < 4.78 is 5.73. The third-order valence-corrected chi connectivity index (χ3v) is 1.89. The fourth-order valence-electron chi connectivity index (χ4n) is 1.22. The number of ether oxygens (including phenoxy) is 1. The van der Waals surface area contributed by atoms with E-state index in [-0.39, 0.29) is 5.60 Å². The summed E-state index contributed by atoms with van der Waals surface area (Å²) in [5, 5.41) is 9.79. The first kappa shape index (κ1) is 13.2. The Morgan fingerprint density at radius 3 is 2.14 bits per heavy atom. The number of aliphatic hydroxyl groups is 1. The lowest BCUT2D eigenvalue weighted by atomic mass is 10.0.